The van der Waals surface area contributed by atoms with Crippen molar-refractivity contribution in [3.63, 3.8) is 0 Å². The second-order valence-electron chi connectivity index (χ2n) is 4.43. The zero-order valence-corrected chi connectivity index (χ0v) is 13.3. The Morgan fingerprint density at radius 1 is 1.42 bits per heavy atom. The minimum atomic E-state index is -0.0351. The van der Waals surface area contributed by atoms with Crippen LogP contribution < -0.4 is 5.32 Å². The van der Waals surface area contributed by atoms with Gasteiger partial charge in [-0.2, -0.15) is 0 Å². The average molecular weight is 338 g/mol. The van der Waals surface area contributed by atoms with Gasteiger partial charge in [0, 0.05) is 9.35 Å². The first-order valence-electron chi connectivity index (χ1n) is 6.22. The molecule has 2 aromatic rings. The maximum atomic E-state index is 12.3. The maximum Gasteiger partial charge on any atom is 0.252 e. The van der Waals surface area contributed by atoms with Gasteiger partial charge in [-0.15, -0.1) is 11.3 Å². The lowest BCUT2D eigenvalue weighted by molar-refractivity contribution is 0.0935. The van der Waals surface area contributed by atoms with Crippen molar-refractivity contribution in [2.24, 2.45) is 0 Å². The summed E-state index contributed by atoms with van der Waals surface area (Å²) >= 11 is 5.12. The maximum absolute atomic E-state index is 12.3. The summed E-state index contributed by atoms with van der Waals surface area (Å²) in [6.07, 6.45) is 0.885. The van der Waals surface area contributed by atoms with Gasteiger partial charge in [0.05, 0.1) is 11.6 Å². The van der Waals surface area contributed by atoms with Gasteiger partial charge >= 0.3 is 0 Å². The van der Waals surface area contributed by atoms with E-state index in [2.05, 4.69) is 34.2 Å². The number of carbonyl (C=O) groups is 1. The van der Waals surface area contributed by atoms with E-state index < -0.39 is 0 Å². The van der Waals surface area contributed by atoms with Gasteiger partial charge in [0.1, 0.15) is 0 Å². The van der Waals surface area contributed by atoms with E-state index in [4.69, 9.17) is 0 Å². The molecule has 1 aromatic heterocycles. The molecule has 4 heteroatoms. The number of rotatable bonds is 4. The molecule has 0 aliphatic carbocycles. The summed E-state index contributed by atoms with van der Waals surface area (Å²) < 4.78 is 0.839. The molecule has 2 rings (SSSR count). The van der Waals surface area contributed by atoms with Crippen molar-refractivity contribution >= 4 is 33.2 Å². The third-order valence-electron chi connectivity index (χ3n) is 2.97. The van der Waals surface area contributed by atoms with Crippen LogP contribution >= 0.6 is 27.3 Å². The summed E-state index contributed by atoms with van der Waals surface area (Å²) in [5.74, 6) is -0.0351. The van der Waals surface area contributed by atoms with E-state index in [1.165, 1.54) is 4.88 Å². The second kappa shape index (κ2) is 6.35. The van der Waals surface area contributed by atoms with Crippen molar-refractivity contribution in [3.05, 3.63) is 56.2 Å². The van der Waals surface area contributed by atoms with Gasteiger partial charge in [-0.3, -0.25) is 4.79 Å². The number of amides is 1. The molecule has 100 valence electrons. The summed E-state index contributed by atoms with van der Waals surface area (Å²) in [6, 6.07) is 9.92. The molecule has 0 radical (unpaired) electrons. The molecule has 19 heavy (non-hydrogen) atoms. The highest BCUT2D eigenvalue weighted by Crippen LogP contribution is 2.24. The predicted octanol–water partition coefficient (Wildman–Crippen LogP) is 4.70. The molecular formula is C15H16BrNOS. The zero-order valence-electron chi connectivity index (χ0n) is 10.9. The lowest BCUT2D eigenvalue weighted by Gasteiger charge is -2.16. The predicted molar refractivity (Wildman–Crippen MR) is 83.7 cm³/mol. The van der Waals surface area contributed by atoms with Crippen molar-refractivity contribution in [2.75, 3.05) is 0 Å². The first-order valence-corrected chi connectivity index (χ1v) is 7.89. The van der Waals surface area contributed by atoms with Crippen LogP contribution in [0.1, 0.15) is 40.2 Å². The molecule has 2 nitrogen and oxygen atoms in total. The summed E-state index contributed by atoms with van der Waals surface area (Å²) in [6.45, 7) is 4.09. The highest BCUT2D eigenvalue weighted by atomic mass is 79.9. The topological polar surface area (TPSA) is 29.1 Å². The molecule has 1 N–H and O–H groups in total. The molecule has 0 spiro atoms. The highest BCUT2D eigenvalue weighted by Gasteiger charge is 2.16. The molecule has 0 aliphatic rings. The van der Waals surface area contributed by atoms with Gasteiger partial charge in [-0.1, -0.05) is 19.1 Å². The van der Waals surface area contributed by atoms with Crippen LogP contribution in [0.2, 0.25) is 0 Å². The number of aryl methyl sites for hydroxylation is 1. The lowest BCUT2D eigenvalue weighted by Crippen LogP contribution is -2.27. The fourth-order valence-electron chi connectivity index (χ4n) is 1.90. The molecule has 1 amide bonds. The summed E-state index contributed by atoms with van der Waals surface area (Å²) in [5, 5.41) is 5.12. The van der Waals surface area contributed by atoms with Crippen LogP contribution in [0.3, 0.4) is 0 Å². The van der Waals surface area contributed by atoms with Gasteiger partial charge in [0.15, 0.2) is 0 Å². The van der Waals surface area contributed by atoms with Crippen LogP contribution in [0, 0.1) is 6.92 Å². The number of hydrogen-bond acceptors (Lipinski definition) is 2. The van der Waals surface area contributed by atoms with Gasteiger partial charge in [0.2, 0.25) is 0 Å². The van der Waals surface area contributed by atoms with Gasteiger partial charge < -0.3 is 5.32 Å². The highest BCUT2D eigenvalue weighted by molar-refractivity contribution is 9.10. The van der Waals surface area contributed by atoms with E-state index in [-0.39, 0.29) is 11.9 Å². The van der Waals surface area contributed by atoms with Gasteiger partial charge in [-0.05, 0) is 58.4 Å². The number of halogens is 1. The Balaban J connectivity index is 2.16. The first-order chi connectivity index (χ1) is 9.11. The Kier molecular flexibility index (Phi) is 4.77. The van der Waals surface area contributed by atoms with Gasteiger partial charge in [0.25, 0.3) is 5.91 Å². The minimum absolute atomic E-state index is 0.0351. The van der Waals surface area contributed by atoms with E-state index in [1.54, 1.807) is 11.3 Å². The molecule has 1 atom stereocenters. The van der Waals surface area contributed by atoms with Crippen LogP contribution in [0.5, 0.6) is 0 Å². The third kappa shape index (κ3) is 3.45. The quantitative estimate of drug-likeness (QED) is 0.860. The zero-order chi connectivity index (χ0) is 13.8. The average Bonchev–Trinajstić information content (AvgIpc) is 2.89. The largest absolute Gasteiger partial charge is 0.344 e. The van der Waals surface area contributed by atoms with Crippen molar-refractivity contribution in [1.29, 1.82) is 0 Å². The molecule has 0 saturated heterocycles. The fraction of sp³-hybridized carbons (Fsp3) is 0.267. The van der Waals surface area contributed by atoms with E-state index in [0.717, 1.165) is 16.5 Å². The Morgan fingerprint density at radius 3 is 2.79 bits per heavy atom. The SMILES string of the molecule is CCC(NC(=O)c1ccc(C)cc1Br)c1cccs1. The Morgan fingerprint density at radius 2 is 2.21 bits per heavy atom. The van der Waals surface area contributed by atoms with Crippen molar-refractivity contribution < 1.29 is 4.79 Å². The van der Waals surface area contributed by atoms with Crippen LogP contribution in [0.25, 0.3) is 0 Å². The van der Waals surface area contributed by atoms with Crippen LogP contribution in [-0.4, -0.2) is 5.91 Å². The number of thiophene rings is 1. The number of benzene rings is 1. The standard InChI is InChI=1S/C15H16BrNOS/c1-3-13(14-5-4-8-19-14)17-15(18)11-7-6-10(2)9-12(11)16/h4-9,13H,3H2,1-2H3,(H,17,18). The minimum Gasteiger partial charge on any atom is -0.344 e. The molecule has 0 saturated carbocycles. The Bertz CT molecular complexity index is 566. The molecule has 1 heterocycles. The Hall–Kier alpha value is -1.13. The van der Waals surface area contributed by atoms with Gasteiger partial charge in [-0.25, -0.2) is 0 Å². The van der Waals surface area contributed by atoms with E-state index in [1.807, 2.05) is 36.6 Å². The fourth-order valence-corrected chi connectivity index (χ4v) is 3.44. The normalized spacial score (nSPS) is 12.2. The van der Waals surface area contributed by atoms with E-state index in [0.29, 0.717) is 5.56 Å². The summed E-state index contributed by atoms with van der Waals surface area (Å²) in [4.78, 5) is 13.5. The van der Waals surface area contributed by atoms with E-state index in [9.17, 15) is 4.79 Å². The summed E-state index contributed by atoms with van der Waals surface area (Å²) in [7, 11) is 0. The molecule has 0 aliphatic heterocycles. The Labute approximate surface area is 126 Å². The van der Waals surface area contributed by atoms with Crippen LogP contribution in [0.4, 0.5) is 0 Å². The smallest absolute Gasteiger partial charge is 0.252 e. The second-order valence-corrected chi connectivity index (χ2v) is 6.27. The number of nitrogens with one attached hydrogen (secondary N) is 1. The molecule has 0 fully saturated rings. The van der Waals surface area contributed by atoms with Crippen molar-refractivity contribution in [2.45, 2.75) is 26.3 Å². The molecular weight excluding hydrogens is 322 g/mol. The van der Waals surface area contributed by atoms with Crippen molar-refractivity contribution in [3.8, 4) is 0 Å². The lowest BCUT2D eigenvalue weighted by atomic mass is 10.1. The number of hydrogen-bond donors (Lipinski definition) is 1. The van der Waals surface area contributed by atoms with Crippen LogP contribution in [-0.2, 0) is 0 Å². The van der Waals surface area contributed by atoms with Crippen LogP contribution in [0.15, 0.2) is 40.2 Å². The third-order valence-corrected chi connectivity index (χ3v) is 4.61. The molecule has 1 unspecified atom stereocenters. The number of carbonyl (C=O) groups excluding carboxylic acids is 1. The van der Waals surface area contributed by atoms with Crippen molar-refractivity contribution in [1.82, 2.24) is 5.32 Å². The monoisotopic (exact) mass is 337 g/mol. The van der Waals surface area contributed by atoms with E-state index >= 15 is 0 Å². The molecule has 1 aromatic carbocycles. The first kappa shape index (κ1) is 14.3. The summed E-state index contributed by atoms with van der Waals surface area (Å²) in [5.41, 5.74) is 1.81. The molecule has 0 bridgehead atoms.